The highest BCUT2D eigenvalue weighted by Crippen LogP contribution is 2.22. The Hall–Kier alpha value is -3.87. The van der Waals surface area contributed by atoms with Crippen LogP contribution in [0.3, 0.4) is 0 Å². The van der Waals surface area contributed by atoms with Crippen LogP contribution in [0, 0.1) is 6.92 Å². The Morgan fingerprint density at radius 3 is 2.47 bits per heavy atom. The van der Waals surface area contributed by atoms with Gasteiger partial charge in [-0.2, -0.15) is 4.98 Å². The van der Waals surface area contributed by atoms with E-state index in [4.69, 9.17) is 14.0 Å². The first-order valence-corrected chi connectivity index (χ1v) is 9.47. The molecule has 1 heterocycles. The molecule has 152 valence electrons. The van der Waals surface area contributed by atoms with E-state index in [0.717, 1.165) is 22.1 Å². The van der Waals surface area contributed by atoms with Gasteiger partial charge in [-0.3, -0.25) is 4.79 Å². The van der Waals surface area contributed by atoms with Crippen LogP contribution in [0.5, 0.6) is 11.5 Å². The fourth-order valence-corrected chi connectivity index (χ4v) is 3.04. The van der Waals surface area contributed by atoms with Crippen molar-refractivity contribution < 1.29 is 18.8 Å². The molecule has 0 atom stereocenters. The first-order valence-electron chi connectivity index (χ1n) is 9.47. The van der Waals surface area contributed by atoms with Crippen molar-refractivity contribution in [2.24, 2.45) is 0 Å². The minimum absolute atomic E-state index is 0.148. The molecular formula is C23H21N3O4. The lowest BCUT2D eigenvalue weighted by Crippen LogP contribution is -2.22. The van der Waals surface area contributed by atoms with Crippen molar-refractivity contribution in [2.45, 2.75) is 20.1 Å². The van der Waals surface area contributed by atoms with Crippen LogP contribution in [0.4, 0.5) is 0 Å². The van der Waals surface area contributed by atoms with Gasteiger partial charge in [0.2, 0.25) is 11.7 Å². The zero-order valence-corrected chi connectivity index (χ0v) is 16.7. The lowest BCUT2D eigenvalue weighted by atomic mass is 10.1. The quantitative estimate of drug-likeness (QED) is 0.501. The van der Waals surface area contributed by atoms with Gasteiger partial charge >= 0.3 is 0 Å². The summed E-state index contributed by atoms with van der Waals surface area (Å²) in [5, 5.41) is 8.91. The predicted octanol–water partition coefficient (Wildman–Crippen LogP) is 4.05. The third-order valence-electron chi connectivity index (χ3n) is 4.62. The third-order valence-corrected chi connectivity index (χ3v) is 4.62. The van der Waals surface area contributed by atoms with Crippen molar-refractivity contribution in [3.63, 3.8) is 0 Å². The summed E-state index contributed by atoms with van der Waals surface area (Å²) in [5.74, 6) is 2.27. The summed E-state index contributed by atoms with van der Waals surface area (Å²) >= 11 is 0. The van der Waals surface area contributed by atoms with Crippen molar-refractivity contribution >= 4 is 16.7 Å². The van der Waals surface area contributed by atoms with Gasteiger partial charge in [0.15, 0.2) is 6.61 Å². The fourth-order valence-electron chi connectivity index (χ4n) is 3.04. The first kappa shape index (κ1) is 19.4. The average Bonchev–Trinajstić information content (AvgIpc) is 3.21. The van der Waals surface area contributed by atoms with E-state index in [2.05, 4.69) is 21.5 Å². The molecule has 1 N–H and O–H groups in total. The summed E-state index contributed by atoms with van der Waals surface area (Å²) in [7, 11) is 1.65. The number of nitrogens with one attached hydrogen (secondary N) is 1. The lowest BCUT2D eigenvalue weighted by molar-refractivity contribution is 0.0951. The lowest BCUT2D eigenvalue weighted by Gasteiger charge is -2.08. The Kier molecular flexibility index (Phi) is 5.61. The summed E-state index contributed by atoms with van der Waals surface area (Å²) in [6.45, 7) is 2.37. The molecule has 0 saturated heterocycles. The second-order valence-electron chi connectivity index (χ2n) is 6.77. The summed E-state index contributed by atoms with van der Waals surface area (Å²) in [5.41, 5.74) is 1.58. The van der Waals surface area contributed by atoms with Crippen molar-refractivity contribution in [3.8, 4) is 11.5 Å². The number of fused-ring (bicyclic) bond motifs is 1. The maximum Gasteiger partial charge on any atom is 0.251 e. The average molecular weight is 403 g/mol. The molecule has 0 fully saturated rings. The number of aromatic nitrogens is 2. The second-order valence-corrected chi connectivity index (χ2v) is 6.77. The van der Waals surface area contributed by atoms with E-state index in [0.29, 0.717) is 29.6 Å². The van der Waals surface area contributed by atoms with E-state index >= 15 is 0 Å². The van der Waals surface area contributed by atoms with Crippen LogP contribution in [0.1, 0.15) is 27.6 Å². The number of rotatable bonds is 7. The molecule has 0 aliphatic heterocycles. The van der Waals surface area contributed by atoms with Crippen molar-refractivity contribution in [2.75, 3.05) is 7.11 Å². The monoisotopic (exact) mass is 403 g/mol. The number of aryl methyl sites for hydroxylation is 1. The van der Waals surface area contributed by atoms with Crippen LogP contribution in [-0.2, 0) is 13.2 Å². The van der Waals surface area contributed by atoms with Gasteiger partial charge in [-0.15, -0.1) is 0 Å². The fraction of sp³-hybridized carbons (Fsp3) is 0.174. The van der Waals surface area contributed by atoms with Crippen LogP contribution in [0.25, 0.3) is 10.8 Å². The smallest absolute Gasteiger partial charge is 0.251 e. The predicted molar refractivity (Wildman–Crippen MR) is 111 cm³/mol. The number of nitrogens with zero attached hydrogens (tertiary/aromatic N) is 2. The first-order chi connectivity index (χ1) is 14.6. The molecule has 1 aromatic heterocycles. The SMILES string of the molecule is COc1ccc2cc(CNC(=O)c3ccc(OCc4noc(C)n4)cc3)ccc2c1. The molecule has 4 aromatic rings. The van der Waals surface area contributed by atoms with Gasteiger partial charge in [-0.25, -0.2) is 0 Å². The number of hydrogen-bond acceptors (Lipinski definition) is 6. The Morgan fingerprint density at radius 2 is 1.73 bits per heavy atom. The van der Waals surface area contributed by atoms with Crippen molar-refractivity contribution in [1.29, 1.82) is 0 Å². The molecular weight excluding hydrogens is 382 g/mol. The normalized spacial score (nSPS) is 10.7. The van der Waals surface area contributed by atoms with Crippen molar-refractivity contribution in [1.82, 2.24) is 15.5 Å². The van der Waals surface area contributed by atoms with E-state index in [9.17, 15) is 4.79 Å². The molecule has 0 aliphatic rings. The number of ether oxygens (including phenoxy) is 2. The molecule has 3 aromatic carbocycles. The van der Waals surface area contributed by atoms with Gasteiger partial charge in [0.1, 0.15) is 11.5 Å². The van der Waals surface area contributed by atoms with Crippen molar-refractivity contribution in [3.05, 3.63) is 83.5 Å². The minimum Gasteiger partial charge on any atom is -0.497 e. The van der Waals surface area contributed by atoms with Gasteiger partial charge in [-0.1, -0.05) is 23.4 Å². The standard InChI is InChI=1S/C23H21N3O4/c1-15-25-22(26-30-15)14-29-20-8-5-17(6-9-20)23(27)24-13-16-3-4-19-12-21(28-2)10-7-18(19)11-16/h3-12H,13-14H2,1-2H3,(H,24,27). The van der Waals surface area contributed by atoms with Gasteiger partial charge in [0.25, 0.3) is 5.91 Å². The van der Waals surface area contributed by atoms with E-state index in [1.54, 1.807) is 38.3 Å². The molecule has 7 nitrogen and oxygen atoms in total. The van der Waals surface area contributed by atoms with E-state index in [1.807, 2.05) is 30.3 Å². The van der Waals surface area contributed by atoms with Gasteiger partial charge < -0.3 is 19.3 Å². The van der Waals surface area contributed by atoms with Gasteiger partial charge in [0, 0.05) is 19.0 Å². The van der Waals surface area contributed by atoms with Gasteiger partial charge in [0.05, 0.1) is 7.11 Å². The Balaban J connectivity index is 1.33. The highest BCUT2D eigenvalue weighted by molar-refractivity contribution is 5.94. The topological polar surface area (TPSA) is 86.5 Å². The summed E-state index contributed by atoms with van der Waals surface area (Å²) < 4.78 is 15.8. The summed E-state index contributed by atoms with van der Waals surface area (Å²) in [4.78, 5) is 16.5. The van der Waals surface area contributed by atoms with Gasteiger partial charge in [-0.05, 0) is 58.8 Å². The summed E-state index contributed by atoms with van der Waals surface area (Å²) in [6.07, 6.45) is 0. The summed E-state index contributed by atoms with van der Waals surface area (Å²) in [6, 6.07) is 18.9. The molecule has 0 radical (unpaired) electrons. The number of hydrogen-bond donors (Lipinski definition) is 1. The maximum atomic E-state index is 12.5. The number of carbonyl (C=O) groups excluding carboxylic acids is 1. The van der Waals surface area contributed by atoms with E-state index in [1.165, 1.54) is 0 Å². The largest absolute Gasteiger partial charge is 0.497 e. The zero-order chi connectivity index (χ0) is 20.9. The molecule has 30 heavy (non-hydrogen) atoms. The molecule has 4 rings (SSSR count). The number of benzene rings is 3. The number of methoxy groups -OCH3 is 1. The number of carbonyl (C=O) groups is 1. The van der Waals surface area contributed by atoms with Crippen LogP contribution < -0.4 is 14.8 Å². The second kappa shape index (κ2) is 8.65. The van der Waals surface area contributed by atoms with E-state index < -0.39 is 0 Å². The molecule has 7 heteroatoms. The van der Waals surface area contributed by atoms with Crippen LogP contribution >= 0.6 is 0 Å². The van der Waals surface area contributed by atoms with Crippen LogP contribution in [0.2, 0.25) is 0 Å². The van der Waals surface area contributed by atoms with Crippen LogP contribution in [-0.4, -0.2) is 23.2 Å². The molecule has 1 amide bonds. The highest BCUT2D eigenvalue weighted by atomic mass is 16.5. The molecule has 0 unspecified atom stereocenters. The number of amides is 1. The molecule has 0 saturated carbocycles. The van der Waals surface area contributed by atoms with E-state index in [-0.39, 0.29) is 12.5 Å². The molecule has 0 spiro atoms. The highest BCUT2D eigenvalue weighted by Gasteiger charge is 2.08. The maximum absolute atomic E-state index is 12.5. The molecule has 0 aliphatic carbocycles. The molecule has 0 bridgehead atoms. The zero-order valence-electron chi connectivity index (χ0n) is 16.7. The minimum atomic E-state index is -0.148. The Labute approximate surface area is 173 Å². The Bertz CT molecular complexity index is 1170. The Morgan fingerprint density at radius 1 is 1.00 bits per heavy atom. The third kappa shape index (κ3) is 4.57. The van der Waals surface area contributed by atoms with Crippen LogP contribution in [0.15, 0.2) is 65.2 Å².